The van der Waals surface area contributed by atoms with E-state index < -0.39 is 11.4 Å². The number of carbonyl (C=O) groups is 2. The summed E-state index contributed by atoms with van der Waals surface area (Å²) in [5.41, 5.74) is 1.07. The quantitative estimate of drug-likeness (QED) is 0.909. The molecule has 0 fully saturated rings. The first-order chi connectivity index (χ1) is 8.92. The molecule has 1 aliphatic heterocycles. The van der Waals surface area contributed by atoms with Crippen LogP contribution in [0.15, 0.2) is 24.3 Å². The highest BCUT2D eigenvalue weighted by Crippen LogP contribution is 2.30. The second-order valence-corrected chi connectivity index (χ2v) is 5.64. The zero-order valence-electron chi connectivity index (χ0n) is 11.3. The molecule has 0 bridgehead atoms. The number of fused-ring (bicyclic) bond motifs is 1. The van der Waals surface area contributed by atoms with Gasteiger partial charge < -0.3 is 10.0 Å². The molecule has 1 heterocycles. The lowest BCUT2D eigenvalue weighted by Crippen LogP contribution is -2.39. The number of carboxylic acids is 1. The van der Waals surface area contributed by atoms with E-state index in [-0.39, 0.29) is 12.3 Å². The van der Waals surface area contributed by atoms with E-state index in [1.54, 1.807) is 18.7 Å². The number of carboxylic acid groups (broad SMARTS) is 1. The molecule has 4 heteroatoms. The molecule has 0 atom stereocenters. The minimum Gasteiger partial charge on any atom is -0.481 e. The van der Waals surface area contributed by atoms with Gasteiger partial charge in [0.25, 0.3) is 0 Å². The molecule has 1 amide bonds. The van der Waals surface area contributed by atoms with Gasteiger partial charge in [0.2, 0.25) is 5.91 Å². The Balaban J connectivity index is 2.20. The van der Waals surface area contributed by atoms with Crippen molar-refractivity contribution in [3.8, 4) is 0 Å². The minimum absolute atomic E-state index is 0.0245. The molecule has 0 spiro atoms. The van der Waals surface area contributed by atoms with E-state index in [1.807, 2.05) is 24.3 Å². The summed E-state index contributed by atoms with van der Waals surface area (Å²) in [5.74, 6) is -1.05. The molecule has 1 aliphatic rings. The van der Waals surface area contributed by atoms with Crippen LogP contribution < -0.4 is 4.90 Å². The Morgan fingerprint density at radius 3 is 2.68 bits per heavy atom. The SMILES string of the molecule is CC(C)(CC(=O)N1CCCc2ccccc21)C(=O)O. The third-order valence-electron chi connectivity index (χ3n) is 3.58. The molecule has 0 aromatic heterocycles. The van der Waals surface area contributed by atoms with Crippen LogP contribution >= 0.6 is 0 Å². The van der Waals surface area contributed by atoms with Crippen LogP contribution in [-0.2, 0) is 16.0 Å². The number of para-hydroxylation sites is 1. The Bertz CT molecular complexity index is 508. The zero-order chi connectivity index (χ0) is 14.0. The molecule has 1 N–H and O–H groups in total. The largest absolute Gasteiger partial charge is 0.481 e. The van der Waals surface area contributed by atoms with Crippen molar-refractivity contribution in [1.82, 2.24) is 0 Å². The monoisotopic (exact) mass is 261 g/mol. The van der Waals surface area contributed by atoms with E-state index in [0.29, 0.717) is 6.54 Å². The maximum atomic E-state index is 12.3. The van der Waals surface area contributed by atoms with Gasteiger partial charge in [-0.1, -0.05) is 18.2 Å². The molecule has 4 nitrogen and oxygen atoms in total. The molecule has 102 valence electrons. The van der Waals surface area contributed by atoms with Gasteiger partial charge in [0.15, 0.2) is 0 Å². The van der Waals surface area contributed by atoms with Gasteiger partial charge in [-0.2, -0.15) is 0 Å². The summed E-state index contributed by atoms with van der Waals surface area (Å²) in [6, 6.07) is 7.83. The second kappa shape index (κ2) is 5.03. The second-order valence-electron chi connectivity index (χ2n) is 5.64. The summed E-state index contributed by atoms with van der Waals surface area (Å²) in [6.45, 7) is 3.84. The number of benzene rings is 1. The van der Waals surface area contributed by atoms with E-state index in [4.69, 9.17) is 5.11 Å². The summed E-state index contributed by atoms with van der Waals surface area (Å²) in [6.07, 6.45) is 1.93. The summed E-state index contributed by atoms with van der Waals surface area (Å²) in [7, 11) is 0. The van der Waals surface area contributed by atoms with Crippen LogP contribution in [0.1, 0.15) is 32.3 Å². The van der Waals surface area contributed by atoms with Gasteiger partial charge in [-0.25, -0.2) is 0 Å². The molecular formula is C15H19NO3. The first kappa shape index (κ1) is 13.6. The molecule has 1 aromatic carbocycles. The highest BCUT2D eigenvalue weighted by Gasteiger charge is 2.33. The number of rotatable bonds is 3. The van der Waals surface area contributed by atoms with Gasteiger partial charge in [0.1, 0.15) is 0 Å². The minimum atomic E-state index is -1.02. The summed E-state index contributed by atoms with van der Waals surface area (Å²) in [5, 5.41) is 9.11. The highest BCUT2D eigenvalue weighted by atomic mass is 16.4. The summed E-state index contributed by atoms with van der Waals surface area (Å²) < 4.78 is 0. The van der Waals surface area contributed by atoms with Crippen molar-refractivity contribution >= 4 is 17.6 Å². The summed E-state index contributed by atoms with van der Waals surface area (Å²) in [4.78, 5) is 25.2. The summed E-state index contributed by atoms with van der Waals surface area (Å²) >= 11 is 0. The zero-order valence-corrected chi connectivity index (χ0v) is 11.3. The molecule has 0 unspecified atom stereocenters. The Morgan fingerprint density at radius 1 is 1.32 bits per heavy atom. The molecule has 19 heavy (non-hydrogen) atoms. The smallest absolute Gasteiger partial charge is 0.309 e. The molecule has 0 saturated carbocycles. The Morgan fingerprint density at radius 2 is 2.00 bits per heavy atom. The van der Waals surface area contributed by atoms with Crippen molar-refractivity contribution in [3.63, 3.8) is 0 Å². The fraction of sp³-hybridized carbons (Fsp3) is 0.467. The number of nitrogens with zero attached hydrogens (tertiary/aromatic N) is 1. The van der Waals surface area contributed by atoms with Gasteiger partial charge in [-0.15, -0.1) is 0 Å². The molecular weight excluding hydrogens is 242 g/mol. The molecule has 1 aromatic rings. The fourth-order valence-corrected chi connectivity index (χ4v) is 2.34. The average Bonchev–Trinajstić information content (AvgIpc) is 2.37. The molecule has 0 radical (unpaired) electrons. The number of hydrogen-bond acceptors (Lipinski definition) is 2. The standard InChI is InChI=1S/C15H19NO3/c1-15(2,14(18)19)10-13(17)16-9-5-7-11-6-3-4-8-12(11)16/h3-4,6,8H,5,7,9-10H2,1-2H3,(H,18,19). The highest BCUT2D eigenvalue weighted by molar-refractivity contribution is 5.97. The van der Waals surface area contributed by atoms with Crippen molar-refractivity contribution in [2.75, 3.05) is 11.4 Å². The Labute approximate surface area is 113 Å². The number of aryl methyl sites for hydroxylation is 1. The van der Waals surface area contributed by atoms with Gasteiger partial charge in [0.05, 0.1) is 5.41 Å². The van der Waals surface area contributed by atoms with Crippen LogP contribution in [0.5, 0.6) is 0 Å². The Kier molecular flexibility index (Phi) is 3.60. The number of aliphatic carboxylic acids is 1. The first-order valence-corrected chi connectivity index (χ1v) is 6.53. The molecule has 2 rings (SSSR count). The van der Waals surface area contributed by atoms with E-state index in [2.05, 4.69) is 0 Å². The van der Waals surface area contributed by atoms with E-state index in [0.717, 1.165) is 24.1 Å². The number of carbonyl (C=O) groups excluding carboxylic acids is 1. The van der Waals surface area contributed by atoms with Gasteiger partial charge in [-0.3, -0.25) is 9.59 Å². The van der Waals surface area contributed by atoms with Gasteiger partial charge >= 0.3 is 5.97 Å². The van der Waals surface area contributed by atoms with Crippen LogP contribution in [0, 0.1) is 5.41 Å². The van der Waals surface area contributed by atoms with Gasteiger partial charge in [0, 0.05) is 18.7 Å². The predicted molar refractivity (Wildman–Crippen MR) is 73.1 cm³/mol. The maximum absolute atomic E-state index is 12.3. The number of hydrogen-bond donors (Lipinski definition) is 1. The predicted octanol–water partition coefficient (Wildman–Crippen LogP) is 2.47. The lowest BCUT2D eigenvalue weighted by atomic mass is 9.88. The first-order valence-electron chi connectivity index (χ1n) is 6.53. The lowest BCUT2D eigenvalue weighted by molar-refractivity contribution is -0.149. The third kappa shape index (κ3) is 2.78. The van der Waals surface area contributed by atoms with Crippen LogP contribution in [0.25, 0.3) is 0 Å². The van der Waals surface area contributed by atoms with Gasteiger partial charge in [-0.05, 0) is 38.3 Å². The van der Waals surface area contributed by atoms with Crippen LogP contribution in [0.4, 0.5) is 5.69 Å². The number of amides is 1. The lowest BCUT2D eigenvalue weighted by Gasteiger charge is -2.31. The fourth-order valence-electron chi connectivity index (χ4n) is 2.34. The average molecular weight is 261 g/mol. The van der Waals surface area contributed by atoms with Crippen molar-refractivity contribution in [2.24, 2.45) is 5.41 Å². The Hall–Kier alpha value is -1.84. The van der Waals surface area contributed by atoms with Crippen LogP contribution in [0.3, 0.4) is 0 Å². The number of anilines is 1. The van der Waals surface area contributed by atoms with Crippen molar-refractivity contribution in [1.29, 1.82) is 0 Å². The van der Waals surface area contributed by atoms with Crippen molar-refractivity contribution < 1.29 is 14.7 Å². The third-order valence-corrected chi connectivity index (χ3v) is 3.58. The topological polar surface area (TPSA) is 57.6 Å². The van der Waals surface area contributed by atoms with Crippen molar-refractivity contribution in [2.45, 2.75) is 33.1 Å². The van der Waals surface area contributed by atoms with Crippen LogP contribution in [0.2, 0.25) is 0 Å². The normalized spacial score (nSPS) is 14.9. The van der Waals surface area contributed by atoms with E-state index in [1.165, 1.54) is 0 Å². The van der Waals surface area contributed by atoms with Crippen molar-refractivity contribution in [3.05, 3.63) is 29.8 Å². The molecule has 0 aliphatic carbocycles. The maximum Gasteiger partial charge on any atom is 0.309 e. The van der Waals surface area contributed by atoms with Crippen LogP contribution in [-0.4, -0.2) is 23.5 Å². The van der Waals surface area contributed by atoms with E-state index in [9.17, 15) is 9.59 Å². The molecule has 0 saturated heterocycles. The van der Waals surface area contributed by atoms with E-state index >= 15 is 0 Å².